The Kier molecular flexibility index (Phi) is 4.87. The second kappa shape index (κ2) is 7.42. The topological polar surface area (TPSA) is 70.5 Å². The van der Waals surface area contributed by atoms with E-state index < -0.39 is 0 Å². The van der Waals surface area contributed by atoms with E-state index in [0.717, 1.165) is 22.6 Å². The summed E-state index contributed by atoms with van der Waals surface area (Å²) in [7, 11) is 0. The Morgan fingerprint density at radius 1 is 0.583 bits per heavy atom. The lowest BCUT2D eigenvalue weighted by atomic mass is 10.1. The highest BCUT2D eigenvalue weighted by atomic mass is 16.5. The lowest BCUT2D eigenvalue weighted by Gasteiger charge is -2.10. The predicted octanol–water partition coefficient (Wildman–Crippen LogP) is 4.01. The molecule has 0 unspecified atom stereocenters. The van der Waals surface area contributed by atoms with Crippen molar-refractivity contribution < 1.29 is 9.47 Å². The van der Waals surface area contributed by atoms with Crippen molar-refractivity contribution in [3.8, 4) is 11.5 Å². The average Bonchev–Trinajstić information content (AvgIpc) is 2.59. The molecule has 0 amide bonds. The monoisotopic (exact) mass is 320 g/mol. The van der Waals surface area contributed by atoms with E-state index in [1.54, 1.807) is 0 Å². The number of nitrogens with two attached hydrogens (primary N) is 2. The minimum absolute atomic E-state index is 0.482. The van der Waals surface area contributed by atoms with E-state index in [9.17, 15) is 0 Å². The normalized spacial score (nSPS) is 10.3. The molecule has 3 rings (SSSR count). The lowest BCUT2D eigenvalue weighted by Crippen LogP contribution is -2.00. The fourth-order valence-corrected chi connectivity index (χ4v) is 2.35. The molecule has 0 aliphatic rings. The summed E-state index contributed by atoms with van der Waals surface area (Å²) < 4.78 is 11.5. The first-order valence-electron chi connectivity index (χ1n) is 7.73. The molecule has 24 heavy (non-hydrogen) atoms. The molecule has 0 aliphatic carbocycles. The number of rotatable bonds is 6. The molecule has 0 bridgehead atoms. The maximum atomic E-state index is 5.77. The van der Waals surface area contributed by atoms with Gasteiger partial charge in [-0.3, -0.25) is 0 Å². The third-order valence-corrected chi connectivity index (χ3v) is 3.52. The van der Waals surface area contributed by atoms with Crippen LogP contribution >= 0.6 is 0 Å². The number of hydrogen-bond acceptors (Lipinski definition) is 4. The summed E-state index contributed by atoms with van der Waals surface area (Å²) >= 11 is 0. The Labute approximate surface area is 141 Å². The molecule has 4 nitrogen and oxygen atoms in total. The van der Waals surface area contributed by atoms with E-state index in [2.05, 4.69) is 6.07 Å². The largest absolute Gasteiger partial charge is 0.489 e. The van der Waals surface area contributed by atoms with Crippen molar-refractivity contribution in [1.82, 2.24) is 0 Å². The Morgan fingerprint density at radius 2 is 1.04 bits per heavy atom. The number of hydrogen-bond donors (Lipinski definition) is 2. The van der Waals surface area contributed by atoms with Gasteiger partial charge in [-0.1, -0.05) is 30.3 Å². The molecule has 0 atom stereocenters. The maximum absolute atomic E-state index is 5.77. The van der Waals surface area contributed by atoms with Crippen LogP contribution in [-0.4, -0.2) is 0 Å². The van der Waals surface area contributed by atoms with Crippen LogP contribution in [0.15, 0.2) is 72.8 Å². The van der Waals surface area contributed by atoms with Crippen LogP contribution in [0, 0.1) is 0 Å². The molecule has 122 valence electrons. The average molecular weight is 320 g/mol. The molecule has 0 spiro atoms. The molecule has 0 saturated heterocycles. The highest BCUT2D eigenvalue weighted by Gasteiger charge is 2.01. The highest BCUT2D eigenvalue weighted by molar-refractivity contribution is 5.44. The molecule has 3 aromatic rings. The van der Waals surface area contributed by atoms with Gasteiger partial charge in [0.2, 0.25) is 0 Å². The van der Waals surface area contributed by atoms with Gasteiger partial charge in [-0.15, -0.1) is 0 Å². The third-order valence-electron chi connectivity index (χ3n) is 3.52. The van der Waals surface area contributed by atoms with Crippen molar-refractivity contribution in [3.05, 3.63) is 83.9 Å². The van der Waals surface area contributed by atoms with Crippen LogP contribution in [0.25, 0.3) is 0 Å². The summed E-state index contributed by atoms with van der Waals surface area (Å²) in [6.07, 6.45) is 0. The molecule has 0 aliphatic heterocycles. The van der Waals surface area contributed by atoms with Gasteiger partial charge in [0.25, 0.3) is 0 Å². The van der Waals surface area contributed by atoms with Crippen molar-refractivity contribution >= 4 is 11.4 Å². The summed E-state index contributed by atoms with van der Waals surface area (Å²) in [5.41, 5.74) is 15.0. The van der Waals surface area contributed by atoms with E-state index in [1.807, 2.05) is 66.7 Å². The summed E-state index contributed by atoms with van der Waals surface area (Å²) in [6, 6.07) is 22.9. The summed E-state index contributed by atoms with van der Waals surface area (Å²) in [5, 5.41) is 0. The summed E-state index contributed by atoms with van der Waals surface area (Å²) in [4.78, 5) is 0. The minimum Gasteiger partial charge on any atom is -0.489 e. The van der Waals surface area contributed by atoms with Crippen molar-refractivity contribution in [2.24, 2.45) is 0 Å². The van der Waals surface area contributed by atoms with Crippen LogP contribution in [0.5, 0.6) is 11.5 Å². The van der Waals surface area contributed by atoms with Crippen molar-refractivity contribution in [2.45, 2.75) is 13.2 Å². The van der Waals surface area contributed by atoms with E-state index in [-0.39, 0.29) is 0 Å². The Morgan fingerprint density at radius 3 is 1.50 bits per heavy atom. The molecule has 3 aromatic carbocycles. The van der Waals surface area contributed by atoms with Gasteiger partial charge >= 0.3 is 0 Å². The standard InChI is InChI=1S/C20H20N2O2/c21-17-6-2-8-19(11-17)23-13-15-4-1-5-16(10-15)14-24-20-9-3-7-18(22)12-20/h1-12H,13-14,21-22H2. The molecule has 4 N–H and O–H groups in total. The molecule has 4 heteroatoms. The smallest absolute Gasteiger partial charge is 0.121 e. The second-order valence-corrected chi connectivity index (χ2v) is 5.54. The first kappa shape index (κ1) is 15.7. The first-order valence-corrected chi connectivity index (χ1v) is 7.73. The zero-order chi connectivity index (χ0) is 16.8. The van der Waals surface area contributed by atoms with E-state index >= 15 is 0 Å². The highest BCUT2D eigenvalue weighted by Crippen LogP contribution is 2.18. The van der Waals surface area contributed by atoms with Gasteiger partial charge in [0.05, 0.1) is 0 Å². The molecular weight excluding hydrogens is 300 g/mol. The van der Waals surface area contributed by atoms with Gasteiger partial charge in [-0.05, 0) is 41.5 Å². The van der Waals surface area contributed by atoms with Gasteiger partial charge in [-0.2, -0.15) is 0 Å². The lowest BCUT2D eigenvalue weighted by molar-refractivity contribution is 0.300. The van der Waals surface area contributed by atoms with E-state index in [0.29, 0.717) is 24.6 Å². The Balaban J connectivity index is 1.59. The van der Waals surface area contributed by atoms with Gasteiger partial charge in [0, 0.05) is 23.5 Å². The first-order chi connectivity index (χ1) is 11.7. The number of ether oxygens (including phenoxy) is 2. The van der Waals surface area contributed by atoms with Crippen LogP contribution in [0.2, 0.25) is 0 Å². The van der Waals surface area contributed by atoms with Gasteiger partial charge < -0.3 is 20.9 Å². The van der Waals surface area contributed by atoms with Crippen LogP contribution in [0.1, 0.15) is 11.1 Å². The molecular formula is C20H20N2O2. The maximum Gasteiger partial charge on any atom is 0.121 e. The van der Waals surface area contributed by atoms with Crippen LogP contribution < -0.4 is 20.9 Å². The molecule has 0 radical (unpaired) electrons. The quantitative estimate of drug-likeness (QED) is 0.673. The van der Waals surface area contributed by atoms with Crippen LogP contribution in [0.4, 0.5) is 11.4 Å². The van der Waals surface area contributed by atoms with Crippen molar-refractivity contribution in [1.29, 1.82) is 0 Å². The SMILES string of the molecule is Nc1cccc(OCc2cccc(COc3cccc(N)c3)c2)c1. The zero-order valence-electron chi connectivity index (χ0n) is 13.3. The molecule has 0 heterocycles. The molecule has 0 saturated carbocycles. The van der Waals surface area contributed by atoms with Crippen molar-refractivity contribution in [3.63, 3.8) is 0 Å². The third kappa shape index (κ3) is 4.43. The van der Waals surface area contributed by atoms with E-state index in [4.69, 9.17) is 20.9 Å². The van der Waals surface area contributed by atoms with Gasteiger partial charge in [-0.25, -0.2) is 0 Å². The number of nitrogen functional groups attached to an aromatic ring is 2. The predicted molar refractivity (Wildman–Crippen MR) is 96.8 cm³/mol. The summed E-state index contributed by atoms with van der Waals surface area (Å²) in [6.45, 7) is 0.963. The fraction of sp³-hybridized carbons (Fsp3) is 0.100. The van der Waals surface area contributed by atoms with Crippen LogP contribution in [-0.2, 0) is 13.2 Å². The van der Waals surface area contributed by atoms with Gasteiger partial charge in [0.1, 0.15) is 24.7 Å². The number of benzene rings is 3. The van der Waals surface area contributed by atoms with Crippen molar-refractivity contribution in [2.75, 3.05) is 11.5 Å². The molecule has 0 fully saturated rings. The summed E-state index contributed by atoms with van der Waals surface area (Å²) in [5.74, 6) is 1.52. The number of anilines is 2. The molecule has 0 aromatic heterocycles. The van der Waals surface area contributed by atoms with E-state index in [1.165, 1.54) is 0 Å². The Bertz CT molecular complexity index is 753. The van der Waals surface area contributed by atoms with Gasteiger partial charge in [0.15, 0.2) is 0 Å². The Hall–Kier alpha value is -3.14. The zero-order valence-corrected chi connectivity index (χ0v) is 13.3. The second-order valence-electron chi connectivity index (χ2n) is 5.54. The fourth-order valence-electron chi connectivity index (χ4n) is 2.35. The van der Waals surface area contributed by atoms with Crippen LogP contribution in [0.3, 0.4) is 0 Å². The minimum atomic E-state index is 0.482.